The molecule has 0 spiro atoms. The molecule has 1 aromatic rings. The van der Waals surface area contributed by atoms with E-state index in [4.69, 9.17) is 22.1 Å². The number of benzene rings is 1. The number of nitrogens with two attached hydrogens (primary N) is 1. The lowest BCUT2D eigenvalue weighted by molar-refractivity contribution is 0.296. The molecule has 0 amide bonds. The molecule has 0 bridgehead atoms. The summed E-state index contributed by atoms with van der Waals surface area (Å²) in [6.45, 7) is 4.71. The Labute approximate surface area is 96.4 Å². The quantitative estimate of drug-likeness (QED) is 0.839. The Morgan fingerprint density at radius 1 is 1.47 bits per heavy atom. The van der Waals surface area contributed by atoms with E-state index in [-0.39, 0.29) is 6.04 Å². The number of aryl methyl sites for hydroxylation is 1. The van der Waals surface area contributed by atoms with Gasteiger partial charge in [0.2, 0.25) is 0 Å². The molecule has 1 unspecified atom stereocenters. The van der Waals surface area contributed by atoms with Crippen molar-refractivity contribution >= 4 is 11.6 Å². The highest BCUT2D eigenvalue weighted by Crippen LogP contribution is 2.21. The van der Waals surface area contributed by atoms with Crippen LogP contribution in [-0.2, 0) is 0 Å². The van der Waals surface area contributed by atoms with Gasteiger partial charge in [0.15, 0.2) is 0 Å². The normalized spacial score (nSPS) is 12.5. The van der Waals surface area contributed by atoms with Crippen LogP contribution in [0.2, 0.25) is 5.02 Å². The molecule has 15 heavy (non-hydrogen) atoms. The van der Waals surface area contributed by atoms with Gasteiger partial charge < -0.3 is 10.5 Å². The standard InChI is InChI=1S/C12H18ClNO/c1-3-10(14)6-7-15-11-4-5-12(13)9(2)8-11/h4-5,8,10H,3,6-7,14H2,1-2H3. The lowest BCUT2D eigenvalue weighted by Crippen LogP contribution is -2.21. The van der Waals surface area contributed by atoms with Gasteiger partial charge in [0, 0.05) is 11.1 Å². The highest BCUT2D eigenvalue weighted by molar-refractivity contribution is 6.31. The van der Waals surface area contributed by atoms with Gasteiger partial charge in [0.25, 0.3) is 0 Å². The van der Waals surface area contributed by atoms with E-state index in [1.165, 1.54) is 0 Å². The van der Waals surface area contributed by atoms with Crippen molar-refractivity contribution in [2.24, 2.45) is 5.73 Å². The molecule has 0 heterocycles. The van der Waals surface area contributed by atoms with Crippen LogP contribution in [0.5, 0.6) is 5.75 Å². The first-order valence-electron chi connectivity index (χ1n) is 5.28. The fourth-order valence-corrected chi connectivity index (χ4v) is 1.36. The maximum Gasteiger partial charge on any atom is 0.119 e. The third-order valence-electron chi connectivity index (χ3n) is 2.41. The molecule has 0 saturated carbocycles. The number of hydrogen-bond donors (Lipinski definition) is 1. The minimum Gasteiger partial charge on any atom is -0.494 e. The molecule has 2 nitrogen and oxygen atoms in total. The molecule has 2 N–H and O–H groups in total. The molecule has 1 rings (SSSR count). The molecule has 1 atom stereocenters. The average molecular weight is 228 g/mol. The van der Waals surface area contributed by atoms with Crippen molar-refractivity contribution in [3.63, 3.8) is 0 Å². The second-order valence-corrected chi connectivity index (χ2v) is 4.12. The molecule has 0 saturated heterocycles. The summed E-state index contributed by atoms with van der Waals surface area (Å²) < 4.78 is 5.58. The van der Waals surface area contributed by atoms with Crippen LogP contribution in [0.15, 0.2) is 18.2 Å². The van der Waals surface area contributed by atoms with Crippen LogP contribution in [0.4, 0.5) is 0 Å². The van der Waals surface area contributed by atoms with E-state index in [0.717, 1.165) is 29.2 Å². The first-order chi connectivity index (χ1) is 7.13. The second kappa shape index (κ2) is 5.99. The predicted octanol–water partition coefficient (Wildman–Crippen LogP) is 3.15. The monoisotopic (exact) mass is 227 g/mol. The van der Waals surface area contributed by atoms with Gasteiger partial charge in [0.05, 0.1) is 6.61 Å². The van der Waals surface area contributed by atoms with Crippen molar-refractivity contribution in [1.29, 1.82) is 0 Å². The van der Waals surface area contributed by atoms with Gasteiger partial charge in [-0.15, -0.1) is 0 Å². The van der Waals surface area contributed by atoms with Crippen molar-refractivity contribution in [2.75, 3.05) is 6.61 Å². The summed E-state index contributed by atoms with van der Waals surface area (Å²) in [7, 11) is 0. The number of hydrogen-bond acceptors (Lipinski definition) is 2. The van der Waals surface area contributed by atoms with E-state index in [0.29, 0.717) is 6.61 Å². The molecule has 3 heteroatoms. The molecule has 0 radical (unpaired) electrons. The number of halogens is 1. The highest BCUT2D eigenvalue weighted by atomic mass is 35.5. The van der Waals surface area contributed by atoms with Gasteiger partial charge >= 0.3 is 0 Å². The van der Waals surface area contributed by atoms with Crippen molar-refractivity contribution in [2.45, 2.75) is 32.7 Å². The molecular formula is C12H18ClNO. The first kappa shape index (κ1) is 12.3. The lowest BCUT2D eigenvalue weighted by atomic mass is 10.2. The van der Waals surface area contributed by atoms with Crippen molar-refractivity contribution < 1.29 is 4.74 Å². The fraction of sp³-hybridized carbons (Fsp3) is 0.500. The van der Waals surface area contributed by atoms with Crippen LogP contribution < -0.4 is 10.5 Å². The molecule has 84 valence electrons. The summed E-state index contributed by atoms with van der Waals surface area (Å²) in [5.74, 6) is 0.861. The minimum atomic E-state index is 0.235. The van der Waals surface area contributed by atoms with Gasteiger partial charge in [-0.3, -0.25) is 0 Å². The predicted molar refractivity (Wildman–Crippen MR) is 64.6 cm³/mol. The Bertz CT molecular complexity index is 314. The molecule has 0 fully saturated rings. The molecule has 1 aromatic carbocycles. The van der Waals surface area contributed by atoms with Gasteiger partial charge in [-0.05, 0) is 43.5 Å². The van der Waals surface area contributed by atoms with E-state index in [2.05, 4.69) is 6.92 Å². The Morgan fingerprint density at radius 2 is 2.20 bits per heavy atom. The SMILES string of the molecule is CCC(N)CCOc1ccc(Cl)c(C)c1. The van der Waals surface area contributed by atoms with E-state index in [1.807, 2.05) is 25.1 Å². The van der Waals surface area contributed by atoms with E-state index >= 15 is 0 Å². The van der Waals surface area contributed by atoms with Gasteiger partial charge in [0.1, 0.15) is 5.75 Å². The van der Waals surface area contributed by atoms with E-state index in [1.54, 1.807) is 0 Å². The van der Waals surface area contributed by atoms with Gasteiger partial charge in [-0.25, -0.2) is 0 Å². The zero-order valence-electron chi connectivity index (χ0n) is 9.29. The topological polar surface area (TPSA) is 35.2 Å². The largest absolute Gasteiger partial charge is 0.494 e. The lowest BCUT2D eigenvalue weighted by Gasteiger charge is -2.10. The van der Waals surface area contributed by atoms with Crippen molar-refractivity contribution in [1.82, 2.24) is 0 Å². The number of rotatable bonds is 5. The van der Waals surface area contributed by atoms with Crippen LogP contribution in [-0.4, -0.2) is 12.6 Å². The molecule has 0 aromatic heterocycles. The zero-order valence-corrected chi connectivity index (χ0v) is 10.1. The zero-order chi connectivity index (χ0) is 11.3. The third-order valence-corrected chi connectivity index (χ3v) is 2.84. The summed E-state index contributed by atoms with van der Waals surface area (Å²) in [6.07, 6.45) is 1.88. The Morgan fingerprint density at radius 3 is 2.80 bits per heavy atom. The second-order valence-electron chi connectivity index (χ2n) is 3.72. The first-order valence-corrected chi connectivity index (χ1v) is 5.65. The average Bonchev–Trinajstić information content (AvgIpc) is 2.23. The Hall–Kier alpha value is -0.730. The summed E-state index contributed by atoms with van der Waals surface area (Å²) >= 11 is 5.91. The van der Waals surface area contributed by atoms with Crippen molar-refractivity contribution in [3.8, 4) is 5.75 Å². The summed E-state index contributed by atoms with van der Waals surface area (Å²) in [5, 5.41) is 0.771. The van der Waals surface area contributed by atoms with Gasteiger partial charge in [-0.1, -0.05) is 18.5 Å². The van der Waals surface area contributed by atoms with Crippen LogP contribution in [0, 0.1) is 6.92 Å². The van der Waals surface area contributed by atoms with E-state index in [9.17, 15) is 0 Å². The van der Waals surface area contributed by atoms with Crippen LogP contribution in [0.3, 0.4) is 0 Å². The summed E-state index contributed by atoms with van der Waals surface area (Å²) in [6, 6.07) is 5.91. The molecule has 0 aliphatic rings. The maximum atomic E-state index is 5.91. The smallest absolute Gasteiger partial charge is 0.119 e. The van der Waals surface area contributed by atoms with Crippen LogP contribution >= 0.6 is 11.6 Å². The number of ether oxygens (including phenoxy) is 1. The van der Waals surface area contributed by atoms with Crippen LogP contribution in [0.25, 0.3) is 0 Å². The molecule has 0 aliphatic heterocycles. The Balaban J connectivity index is 2.41. The van der Waals surface area contributed by atoms with Crippen molar-refractivity contribution in [3.05, 3.63) is 28.8 Å². The summed E-state index contributed by atoms with van der Waals surface area (Å²) in [5.41, 5.74) is 6.83. The Kier molecular flexibility index (Phi) is 4.92. The summed E-state index contributed by atoms with van der Waals surface area (Å²) in [4.78, 5) is 0. The van der Waals surface area contributed by atoms with E-state index < -0.39 is 0 Å². The minimum absolute atomic E-state index is 0.235. The third kappa shape index (κ3) is 4.10. The highest BCUT2D eigenvalue weighted by Gasteiger charge is 2.01. The maximum absolute atomic E-state index is 5.91. The fourth-order valence-electron chi connectivity index (χ4n) is 1.24. The molecule has 0 aliphatic carbocycles. The van der Waals surface area contributed by atoms with Gasteiger partial charge in [-0.2, -0.15) is 0 Å². The molecular weight excluding hydrogens is 210 g/mol. The van der Waals surface area contributed by atoms with Crippen LogP contribution in [0.1, 0.15) is 25.3 Å².